The van der Waals surface area contributed by atoms with Crippen molar-refractivity contribution in [1.29, 1.82) is 0 Å². The molecule has 40 heavy (non-hydrogen) atoms. The fourth-order valence-electron chi connectivity index (χ4n) is 5.64. The van der Waals surface area contributed by atoms with Gasteiger partial charge in [0.25, 0.3) is 11.8 Å². The van der Waals surface area contributed by atoms with E-state index in [2.05, 4.69) is 47.3 Å². The smallest absolute Gasteiger partial charge is 0.299 e. The van der Waals surface area contributed by atoms with E-state index < -0.39 is 0 Å². The molecule has 0 radical (unpaired) electrons. The van der Waals surface area contributed by atoms with Gasteiger partial charge in [0, 0.05) is 25.7 Å². The minimum Gasteiger partial charge on any atom is -0.299 e. The summed E-state index contributed by atoms with van der Waals surface area (Å²) in [6.45, 7) is 5.11. The van der Waals surface area contributed by atoms with Gasteiger partial charge in [-0.1, -0.05) is 66.2 Å². The lowest BCUT2D eigenvalue weighted by atomic mass is 10.0. The molecule has 6 rings (SSSR count). The number of hydrogen-bond acceptors (Lipinski definition) is 5. The van der Waals surface area contributed by atoms with Crippen molar-refractivity contribution in [3.8, 4) is 5.69 Å². The van der Waals surface area contributed by atoms with Gasteiger partial charge in [-0.25, -0.2) is 4.79 Å². The van der Waals surface area contributed by atoms with Crippen LogP contribution in [0, 0.1) is 0 Å². The highest BCUT2D eigenvalue weighted by Crippen LogP contribution is 2.25. The van der Waals surface area contributed by atoms with E-state index in [1.807, 2.05) is 18.2 Å². The molecule has 0 bridgehead atoms. The third kappa shape index (κ3) is 5.05. The number of benzene rings is 3. The maximum atomic E-state index is 13.2. The number of rotatable bonds is 7. The Morgan fingerprint density at radius 1 is 0.850 bits per heavy atom. The van der Waals surface area contributed by atoms with E-state index >= 15 is 0 Å². The SMILES string of the molecule is C/C(=C\c1ccccc1)CN1CCC(n2cnn(-c3ccc(CN4C(=O)c5ccccc5C4=O)cc3)c2=O)CC1. The first-order chi connectivity index (χ1) is 19.5. The number of imide groups is 1. The van der Waals surface area contributed by atoms with Gasteiger partial charge in [0.2, 0.25) is 0 Å². The zero-order chi connectivity index (χ0) is 27.6. The van der Waals surface area contributed by atoms with Crippen molar-refractivity contribution in [3.63, 3.8) is 0 Å². The molecule has 3 aromatic carbocycles. The minimum absolute atomic E-state index is 0.115. The Morgan fingerprint density at radius 2 is 1.48 bits per heavy atom. The number of hydrogen-bond donors (Lipinski definition) is 0. The summed E-state index contributed by atoms with van der Waals surface area (Å²) < 4.78 is 3.15. The minimum atomic E-state index is -0.284. The molecule has 0 spiro atoms. The lowest BCUT2D eigenvalue weighted by Gasteiger charge is -2.32. The van der Waals surface area contributed by atoms with Crippen LogP contribution in [0.2, 0.25) is 0 Å². The normalized spacial score (nSPS) is 16.5. The van der Waals surface area contributed by atoms with Gasteiger partial charge in [-0.2, -0.15) is 9.78 Å². The predicted molar refractivity (Wildman–Crippen MR) is 153 cm³/mol. The molecule has 2 aliphatic heterocycles. The number of nitrogens with zero attached hydrogens (tertiary/aromatic N) is 5. The Bertz CT molecular complexity index is 1590. The highest BCUT2D eigenvalue weighted by atomic mass is 16.2. The molecule has 1 aromatic heterocycles. The topological polar surface area (TPSA) is 80.4 Å². The molecular formula is C32H31N5O3. The number of fused-ring (bicyclic) bond motifs is 1. The summed E-state index contributed by atoms with van der Waals surface area (Å²) in [5.41, 5.74) is 4.69. The molecule has 8 nitrogen and oxygen atoms in total. The van der Waals surface area contributed by atoms with Gasteiger partial charge in [-0.15, -0.1) is 0 Å². The lowest BCUT2D eigenvalue weighted by Crippen LogP contribution is -2.38. The van der Waals surface area contributed by atoms with E-state index in [1.165, 1.54) is 20.7 Å². The highest BCUT2D eigenvalue weighted by molar-refractivity contribution is 6.21. The van der Waals surface area contributed by atoms with Crippen LogP contribution in [0.15, 0.2) is 95.6 Å². The van der Waals surface area contributed by atoms with Crippen molar-refractivity contribution >= 4 is 17.9 Å². The van der Waals surface area contributed by atoms with Gasteiger partial charge in [-0.3, -0.25) is 24.0 Å². The average molecular weight is 534 g/mol. The molecule has 2 aliphatic rings. The number of aromatic nitrogens is 3. The summed E-state index contributed by atoms with van der Waals surface area (Å²) in [5.74, 6) is -0.568. The predicted octanol–water partition coefficient (Wildman–Crippen LogP) is 4.57. The van der Waals surface area contributed by atoms with Crippen molar-refractivity contribution in [2.75, 3.05) is 19.6 Å². The second-order valence-corrected chi connectivity index (χ2v) is 10.5. The second kappa shape index (κ2) is 10.9. The summed E-state index contributed by atoms with van der Waals surface area (Å²) in [7, 11) is 0. The monoisotopic (exact) mass is 533 g/mol. The van der Waals surface area contributed by atoms with Crippen molar-refractivity contribution < 1.29 is 9.59 Å². The zero-order valence-electron chi connectivity index (χ0n) is 22.4. The maximum absolute atomic E-state index is 13.2. The lowest BCUT2D eigenvalue weighted by molar-refractivity contribution is 0.0642. The fraction of sp³-hybridized carbons (Fsp3) is 0.250. The quantitative estimate of drug-likeness (QED) is 0.325. The first kappa shape index (κ1) is 25.7. The number of amides is 2. The number of carbonyl (C=O) groups is 2. The third-order valence-corrected chi connectivity index (χ3v) is 7.73. The van der Waals surface area contributed by atoms with Gasteiger partial charge >= 0.3 is 5.69 Å². The van der Waals surface area contributed by atoms with Crippen LogP contribution < -0.4 is 5.69 Å². The summed E-state index contributed by atoms with van der Waals surface area (Å²) >= 11 is 0. The Hall–Kier alpha value is -4.56. The highest BCUT2D eigenvalue weighted by Gasteiger charge is 2.35. The first-order valence-corrected chi connectivity index (χ1v) is 13.6. The molecule has 3 heterocycles. The van der Waals surface area contributed by atoms with E-state index in [0.717, 1.165) is 38.0 Å². The fourth-order valence-corrected chi connectivity index (χ4v) is 5.64. The number of likely N-dealkylation sites (tertiary alicyclic amines) is 1. The van der Waals surface area contributed by atoms with Gasteiger partial charge < -0.3 is 0 Å². The Kier molecular flexibility index (Phi) is 7.00. The summed E-state index contributed by atoms with van der Waals surface area (Å²) in [5, 5.41) is 4.39. The summed E-state index contributed by atoms with van der Waals surface area (Å²) in [6.07, 6.45) is 5.65. The molecule has 0 aliphatic carbocycles. The van der Waals surface area contributed by atoms with E-state index in [4.69, 9.17) is 0 Å². The Morgan fingerprint density at radius 3 is 2.12 bits per heavy atom. The van der Waals surface area contributed by atoms with Gasteiger partial charge in [0.15, 0.2) is 0 Å². The molecule has 8 heteroatoms. The van der Waals surface area contributed by atoms with Gasteiger partial charge in [0.1, 0.15) is 6.33 Å². The van der Waals surface area contributed by atoms with Crippen molar-refractivity contribution in [1.82, 2.24) is 24.1 Å². The van der Waals surface area contributed by atoms with Crippen LogP contribution >= 0.6 is 0 Å². The first-order valence-electron chi connectivity index (χ1n) is 13.6. The van der Waals surface area contributed by atoms with Crippen LogP contribution in [0.25, 0.3) is 11.8 Å². The zero-order valence-corrected chi connectivity index (χ0v) is 22.4. The Labute approximate surface area is 232 Å². The molecule has 2 amide bonds. The average Bonchev–Trinajstić information content (AvgIpc) is 3.47. The molecule has 0 N–H and O–H groups in total. The molecule has 202 valence electrons. The summed E-state index contributed by atoms with van der Waals surface area (Å²) in [6, 6.07) is 24.6. The van der Waals surface area contributed by atoms with Gasteiger partial charge in [-0.05, 0) is 55.2 Å². The van der Waals surface area contributed by atoms with Crippen LogP contribution in [-0.4, -0.2) is 55.6 Å². The largest absolute Gasteiger partial charge is 0.350 e. The van der Waals surface area contributed by atoms with Crippen molar-refractivity contribution in [3.05, 3.63) is 124 Å². The molecule has 0 saturated carbocycles. The molecule has 1 fully saturated rings. The van der Waals surface area contributed by atoms with Crippen LogP contribution in [0.3, 0.4) is 0 Å². The van der Waals surface area contributed by atoms with Crippen LogP contribution in [0.1, 0.15) is 57.7 Å². The molecule has 0 atom stereocenters. The van der Waals surface area contributed by atoms with Crippen LogP contribution in [0.4, 0.5) is 0 Å². The maximum Gasteiger partial charge on any atom is 0.350 e. The van der Waals surface area contributed by atoms with E-state index in [-0.39, 0.29) is 30.1 Å². The molecule has 0 unspecified atom stereocenters. The molecule has 1 saturated heterocycles. The number of piperidine rings is 1. The standard InChI is InChI=1S/C32H31N5O3/c1-23(19-24-7-3-2-4-8-24)20-34-17-15-26(16-18-34)36-22-33-37(32(36)40)27-13-11-25(12-14-27)21-35-30(38)28-9-5-6-10-29(28)31(35)39/h2-14,19,22,26H,15-18,20-21H2,1H3/b23-19+. The van der Waals surface area contributed by atoms with E-state index in [0.29, 0.717) is 16.8 Å². The summed E-state index contributed by atoms with van der Waals surface area (Å²) in [4.78, 5) is 42.3. The van der Waals surface area contributed by atoms with Gasteiger partial charge in [0.05, 0.1) is 23.4 Å². The van der Waals surface area contributed by atoms with Crippen LogP contribution in [-0.2, 0) is 6.54 Å². The van der Waals surface area contributed by atoms with E-state index in [9.17, 15) is 14.4 Å². The number of carbonyl (C=O) groups excluding carboxylic acids is 2. The molecule has 4 aromatic rings. The van der Waals surface area contributed by atoms with Crippen LogP contribution in [0.5, 0.6) is 0 Å². The van der Waals surface area contributed by atoms with Crippen molar-refractivity contribution in [2.45, 2.75) is 32.4 Å². The van der Waals surface area contributed by atoms with Crippen molar-refractivity contribution in [2.24, 2.45) is 0 Å². The molecular weight excluding hydrogens is 502 g/mol. The van der Waals surface area contributed by atoms with E-state index in [1.54, 1.807) is 47.3 Å². The Balaban J connectivity index is 1.08. The third-order valence-electron chi connectivity index (χ3n) is 7.73. The second-order valence-electron chi connectivity index (χ2n) is 10.5.